The maximum atomic E-state index is 11.9. The van der Waals surface area contributed by atoms with Crippen LogP contribution >= 0.6 is 0 Å². The van der Waals surface area contributed by atoms with E-state index in [4.69, 9.17) is 0 Å². The number of aliphatic hydroxyl groups is 1. The highest BCUT2D eigenvalue weighted by atomic mass is 32.2. The van der Waals surface area contributed by atoms with Crippen LogP contribution in [-0.4, -0.2) is 36.8 Å². The van der Waals surface area contributed by atoms with Crippen LogP contribution in [0.4, 0.5) is 13.2 Å². The van der Waals surface area contributed by atoms with Crippen molar-refractivity contribution in [3.8, 4) is 0 Å². The number of alkyl halides is 3. The maximum Gasteiger partial charge on any atom is 0.389 e. The second kappa shape index (κ2) is 6.75. The van der Waals surface area contributed by atoms with Crippen molar-refractivity contribution < 1.29 is 26.7 Å². The van der Waals surface area contributed by atoms with Crippen LogP contribution in [0.3, 0.4) is 0 Å². The Kier molecular flexibility index (Phi) is 6.63. The van der Waals surface area contributed by atoms with E-state index in [0.29, 0.717) is 0 Å². The predicted octanol–water partition coefficient (Wildman–Crippen LogP) is 2.68. The molecule has 0 saturated carbocycles. The van der Waals surface area contributed by atoms with Gasteiger partial charge in [0, 0.05) is 12.2 Å². The van der Waals surface area contributed by atoms with E-state index in [1.807, 2.05) is 0 Å². The molecule has 1 atom stereocenters. The number of hydrogen-bond acceptors (Lipinski definition) is 3. The molecule has 110 valence electrons. The van der Waals surface area contributed by atoms with Gasteiger partial charge in [0.25, 0.3) is 0 Å². The predicted molar refractivity (Wildman–Crippen MR) is 64.1 cm³/mol. The first kappa shape index (κ1) is 17.7. The zero-order valence-electron chi connectivity index (χ0n) is 10.8. The van der Waals surface area contributed by atoms with E-state index < -0.39 is 28.0 Å². The third-order valence-corrected chi connectivity index (χ3v) is 4.58. The lowest BCUT2D eigenvalue weighted by Gasteiger charge is -2.23. The van der Waals surface area contributed by atoms with E-state index in [2.05, 4.69) is 0 Å². The van der Waals surface area contributed by atoms with Crippen molar-refractivity contribution in [2.75, 3.05) is 11.5 Å². The van der Waals surface area contributed by atoms with Crippen molar-refractivity contribution in [1.82, 2.24) is 0 Å². The lowest BCUT2D eigenvalue weighted by molar-refractivity contribution is -0.137. The summed E-state index contributed by atoms with van der Waals surface area (Å²) in [6.07, 6.45) is -4.77. The van der Waals surface area contributed by atoms with Crippen LogP contribution in [-0.2, 0) is 9.84 Å². The minimum Gasteiger partial charge on any atom is -0.390 e. The summed E-state index contributed by atoms with van der Waals surface area (Å²) >= 11 is 0. The lowest BCUT2D eigenvalue weighted by atomic mass is 9.94. The fourth-order valence-corrected chi connectivity index (χ4v) is 2.48. The molecular weight excluding hydrogens is 269 g/mol. The highest BCUT2D eigenvalue weighted by molar-refractivity contribution is 7.91. The molecule has 1 unspecified atom stereocenters. The average Bonchev–Trinajstić information content (AvgIpc) is 2.14. The molecule has 0 aromatic carbocycles. The molecule has 0 heterocycles. The summed E-state index contributed by atoms with van der Waals surface area (Å²) in [7, 11) is -3.08. The first-order chi connectivity index (χ1) is 7.97. The SMILES string of the molecule is CCS(=O)(=O)CCCC(C)(O)CCCC(F)(F)F. The fourth-order valence-electron chi connectivity index (χ4n) is 1.61. The van der Waals surface area contributed by atoms with Gasteiger partial charge in [0.2, 0.25) is 0 Å². The van der Waals surface area contributed by atoms with Crippen molar-refractivity contribution in [2.45, 2.75) is 57.7 Å². The first-order valence-electron chi connectivity index (χ1n) is 5.97. The first-order valence-corrected chi connectivity index (χ1v) is 7.79. The van der Waals surface area contributed by atoms with Gasteiger partial charge in [-0.1, -0.05) is 6.92 Å². The van der Waals surface area contributed by atoms with E-state index in [-0.39, 0.29) is 37.2 Å². The van der Waals surface area contributed by atoms with Crippen molar-refractivity contribution in [2.24, 2.45) is 0 Å². The summed E-state index contributed by atoms with van der Waals surface area (Å²) in [6.45, 7) is 2.98. The molecule has 3 nitrogen and oxygen atoms in total. The Balaban J connectivity index is 3.94. The molecular formula is C11H21F3O3S. The molecule has 0 aromatic heterocycles. The fraction of sp³-hybridized carbons (Fsp3) is 1.00. The summed E-state index contributed by atoms with van der Waals surface area (Å²) in [5.41, 5.74) is -1.23. The molecule has 7 heteroatoms. The molecule has 0 bridgehead atoms. The maximum absolute atomic E-state index is 11.9. The van der Waals surface area contributed by atoms with Gasteiger partial charge >= 0.3 is 6.18 Å². The molecule has 0 saturated heterocycles. The normalized spacial score (nSPS) is 16.6. The second-order valence-corrected chi connectivity index (χ2v) is 7.28. The summed E-state index contributed by atoms with van der Waals surface area (Å²) in [5, 5.41) is 9.82. The summed E-state index contributed by atoms with van der Waals surface area (Å²) in [5.74, 6) is 0.0160. The average molecular weight is 290 g/mol. The van der Waals surface area contributed by atoms with Crippen LogP contribution in [0.2, 0.25) is 0 Å². The molecule has 0 aromatic rings. The van der Waals surface area contributed by atoms with Crippen LogP contribution in [0.1, 0.15) is 46.0 Å². The Morgan fingerprint density at radius 2 is 1.56 bits per heavy atom. The van der Waals surface area contributed by atoms with Gasteiger partial charge in [0.05, 0.1) is 11.4 Å². The molecule has 0 aliphatic heterocycles. The Morgan fingerprint density at radius 1 is 1.06 bits per heavy atom. The molecule has 0 radical (unpaired) electrons. The van der Waals surface area contributed by atoms with Gasteiger partial charge < -0.3 is 5.11 Å². The second-order valence-electron chi connectivity index (χ2n) is 4.81. The molecule has 18 heavy (non-hydrogen) atoms. The van der Waals surface area contributed by atoms with Gasteiger partial charge in [0.15, 0.2) is 0 Å². The van der Waals surface area contributed by atoms with E-state index in [0.717, 1.165) is 0 Å². The van der Waals surface area contributed by atoms with Crippen molar-refractivity contribution in [3.63, 3.8) is 0 Å². The zero-order chi connectivity index (χ0) is 14.4. The number of halogens is 3. The quantitative estimate of drug-likeness (QED) is 0.747. The van der Waals surface area contributed by atoms with Crippen molar-refractivity contribution in [1.29, 1.82) is 0 Å². The zero-order valence-corrected chi connectivity index (χ0v) is 11.6. The van der Waals surface area contributed by atoms with Gasteiger partial charge in [-0.25, -0.2) is 8.42 Å². The molecule has 0 fully saturated rings. The van der Waals surface area contributed by atoms with Gasteiger partial charge in [-0.15, -0.1) is 0 Å². The topological polar surface area (TPSA) is 54.4 Å². The van der Waals surface area contributed by atoms with Crippen molar-refractivity contribution in [3.05, 3.63) is 0 Å². The monoisotopic (exact) mass is 290 g/mol. The third kappa shape index (κ3) is 9.70. The van der Waals surface area contributed by atoms with Crippen LogP contribution in [0.5, 0.6) is 0 Å². The molecule has 0 amide bonds. The van der Waals surface area contributed by atoms with E-state index in [1.165, 1.54) is 13.8 Å². The highest BCUT2D eigenvalue weighted by Crippen LogP contribution is 2.26. The Hall–Kier alpha value is -0.300. The van der Waals surface area contributed by atoms with Gasteiger partial charge in [0.1, 0.15) is 9.84 Å². The number of rotatable bonds is 8. The number of sulfone groups is 1. The third-order valence-electron chi connectivity index (χ3n) is 2.79. The molecule has 0 spiro atoms. The summed E-state index contributed by atoms with van der Waals surface area (Å²) in [6, 6.07) is 0. The molecule has 0 aliphatic rings. The van der Waals surface area contributed by atoms with Crippen LogP contribution in [0, 0.1) is 0 Å². The van der Waals surface area contributed by atoms with Crippen molar-refractivity contribution >= 4 is 9.84 Å². The Labute approximate surface area is 106 Å². The van der Waals surface area contributed by atoms with E-state index >= 15 is 0 Å². The van der Waals surface area contributed by atoms with Gasteiger partial charge in [-0.3, -0.25) is 0 Å². The Bertz CT molecular complexity index is 334. The minimum atomic E-state index is -4.21. The minimum absolute atomic E-state index is 0.0265. The van der Waals surface area contributed by atoms with Gasteiger partial charge in [-0.05, 0) is 32.6 Å². The van der Waals surface area contributed by atoms with E-state index in [1.54, 1.807) is 0 Å². The number of hydrogen-bond donors (Lipinski definition) is 1. The van der Waals surface area contributed by atoms with Crippen LogP contribution < -0.4 is 0 Å². The van der Waals surface area contributed by atoms with Crippen LogP contribution in [0.25, 0.3) is 0 Å². The largest absolute Gasteiger partial charge is 0.390 e. The van der Waals surface area contributed by atoms with Gasteiger partial charge in [-0.2, -0.15) is 13.2 Å². The molecule has 1 N–H and O–H groups in total. The highest BCUT2D eigenvalue weighted by Gasteiger charge is 2.29. The molecule has 0 rings (SSSR count). The smallest absolute Gasteiger partial charge is 0.389 e. The summed E-state index contributed by atoms with van der Waals surface area (Å²) < 4.78 is 58.2. The standard InChI is InChI=1S/C11H21F3O3S/c1-3-18(16,17)9-5-7-10(2,15)6-4-8-11(12,13)14/h15H,3-9H2,1-2H3. The van der Waals surface area contributed by atoms with Crippen LogP contribution in [0.15, 0.2) is 0 Å². The summed E-state index contributed by atoms with van der Waals surface area (Å²) in [4.78, 5) is 0. The molecule has 0 aliphatic carbocycles. The lowest BCUT2D eigenvalue weighted by Crippen LogP contribution is -2.26. The Morgan fingerprint density at radius 3 is 2.00 bits per heavy atom. The van der Waals surface area contributed by atoms with E-state index in [9.17, 15) is 26.7 Å².